The molecule has 0 aromatic rings. The van der Waals surface area contributed by atoms with Crippen molar-refractivity contribution in [1.82, 2.24) is 0 Å². The van der Waals surface area contributed by atoms with Gasteiger partial charge in [-0.15, -0.1) is 0 Å². The Hall–Kier alpha value is -2.11. The maximum absolute atomic E-state index is 12.8. The number of hydrogen-bond acceptors (Lipinski definition) is 6. The summed E-state index contributed by atoms with van der Waals surface area (Å²) in [5.41, 5.74) is 0. The fourth-order valence-corrected chi connectivity index (χ4v) is 7.89. The van der Waals surface area contributed by atoms with Crippen molar-refractivity contribution in [2.24, 2.45) is 0 Å². The molecule has 0 fully saturated rings. The number of esters is 3. The summed E-state index contributed by atoms with van der Waals surface area (Å²) >= 11 is 0. The normalized spacial score (nSPS) is 12.1. The van der Waals surface area contributed by atoms with Crippen LogP contribution in [-0.2, 0) is 28.6 Å². The van der Waals surface area contributed by atoms with Crippen molar-refractivity contribution in [3.63, 3.8) is 0 Å². The predicted molar refractivity (Wildman–Crippen MR) is 261 cm³/mol. The molecule has 0 aliphatic rings. The van der Waals surface area contributed by atoms with Crippen molar-refractivity contribution in [2.75, 3.05) is 13.2 Å². The third-order valence-corrected chi connectivity index (χ3v) is 12.0. The predicted octanol–water partition coefficient (Wildman–Crippen LogP) is 17.5. The van der Waals surface area contributed by atoms with Crippen molar-refractivity contribution in [3.05, 3.63) is 24.3 Å². The fourth-order valence-electron chi connectivity index (χ4n) is 7.89. The lowest BCUT2D eigenvalue weighted by Gasteiger charge is -2.18. The molecule has 61 heavy (non-hydrogen) atoms. The highest BCUT2D eigenvalue weighted by Crippen LogP contribution is 2.16. The molecule has 0 spiro atoms. The minimum Gasteiger partial charge on any atom is -0.462 e. The summed E-state index contributed by atoms with van der Waals surface area (Å²) in [7, 11) is 0. The van der Waals surface area contributed by atoms with Gasteiger partial charge in [0.15, 0.2) is 6.10 Å². The number of unbranched alkanes of at least 4 members (excludes halogenated alkanes) is 34. The Labute approximate surface area is 379 Å². The first-order valence-electron chi connectivity index (χ1n) is 26.8. The summed E-state index contributed by atoms with van der Waals surface area (Å²) in [6.07, 6.45) is 57.2. The molecular formula is C55H102O6. The number of hydrogen-bond donors (Lipinski definition) is 0. The van der Waals surface area contributed by atoms with Crippen molar-refractivity contribution in [1.29, 1.82) is 0 Å². The van der Waals surface area contributed by atoms with Gasteiger partial charge < -0.3 is 14.2 Å². The second-order valence-electron chi connectivity index (χ2n) is 18.2. The molecule has 0 aliphatic heterocycles. The Balaban J connectivity index is 4.33. The van der Waals surface area contributed by atoms with Gasteiger partial charge in [0, 0.05) is 19.3 Å². The highest BCUT2D eigenvalue weighted by molar-refractivity contribution is 5.71. The Morgan fingerprint density at radius 1 is 0.328 bits per heavy atom. The number of carbonyl (C=O) groups excluding carboxylic acids is 3. The zero-order chi connectivity index (χ0) is 44.4. The molecule has 0 N–H and O–H groups in total. The van der Waals surface area contributed by atoms with Crippen LogP contribution in [0.2, 0.25) is 0 Å². The van der Waals surface area contributed by atoms with Gasteiger partial charge in [-0.3, -0.25) is 14.4 Å². The molecule has 0 amide bonds. The highest BCUT2D eigenvalue weighted by Gasteiger charge is 2.19. The lowest BCUT2D eigenvalue weighted by Crippen LogP contribution is -2.30. The van der Waals surface area contributed by atoms with E-state index in [0.717, 1.165) is 70.6 Å². The third kappa shape index (κ3) is 48.8. The van der Waals surface area contributed by atoms with Crippen LogP contribution >= 0.6 is 0 Å². The standard InChI is InChI=1S/C55H102O6/c1-4-7-10-13-16-19-22-25-26-27-28-31-33-36-39-42-45-48-54(57)60-51-52(61-55(58)49-46-43-40-37-34-30-24-21-18-15-12-9-6-3)50-59-53(56)47-44-41-38-35-32-29-23-20-17-14-11-8-5-2/h16,19,25-26,52H,4-15,17-18,20-24,27-51H2,1-3H3/b19-16+,26-25+/t52-/m1/s1. The molecule has 0 saturated carbocycles. The first-order valence-corrected chi connectivity index (χ1v) is 26.8. The fraction of sp³-hybridized carbons (Fsp3) is 0.873. The smallest absolute Gasteiger partial charge is 0.306 e. The molecule has 0 aliphatic carbocycles. The van der Waals surface area contributed by atoms with Crippen LogP contribution in [-0.4, -0.2) is 37.2 Å². The number of rotatable bonds is 49. The summed E-state index contributed by atoms with van der Waals surface area (Å²) in [4.78, 5) is 38.0. The van der Waals surface area contributed by atoms with E-state index in [-0.39, 0.29) is 31.1 Å². The van der Waals surface area contributed by atoms with Crippen molar-refractivity contribution < 1.29 is 28.6 Å². The molecule has 0 rings (SSSR count). The average Bonchev–Trinajstić information content (AvgIpc) is 3.26. The molecule has 0 unspecified atom stereocenters. The molecule has 0 bridgehead atoms. The van der Waals surface area contributed by atoms with Gasteiger partial charge in [-0.05, 0) is 51.4 Å². The van der Waals surface area contributed by atoms with Crippen LogP contribution < -0.4 is 0 Å². The largest absolute Gasteiger partial charge is 0.462 e. The van der Waals surface area contributed by atoms with Crippen LogP contribution in [0.5, 0.6) is 0 Å². The van der Waals surface area contributed by atoms with Crippen molar-refractivity contribution in [3.8, 4) is 0 Å². The second kappa shape index (κ2) is 50.5. The lowest BCUT2D eigenvalue weighted by molar-refractivity contribution is -0.167. The molecular weight excluding hydrogens is 757 g/mol. The average molecular weight is 859 g/mol. The van der Waals surface area contributed by atoms with Gasteiger partial charge in [0.25, 0.3) is 0 Å². The van der Waals surface area contributed by atoms with E-state index in [0.29, 0.717) is 19.3 Å². The Kier molecular flexibility index (Phi) is 48.8. The van der Waals surface area contributed by atoms with Crippen molar-refractivity contribution in [2.45, 2.75) is 297 Å². The van der Waals surface area contributed by atoms with E-state index in [9.17, 15) is 14.4 Å². The second-order valence-corrected chi connectivity index (χ2v) is 18.2. The number of allylic oxidation sites excluding steroid dienone is 4. The lowest BCUT2D eigenvalue weighted by atomic mass is 10.0. The Morgan fingerprint density at radius 3 is 0.934 bits per heavy atom. The van der Waals surface area contributed by atoms with Gasteiger partial charge in [0.2, 0.25) is 0 Å². The zero-order valence-electron chi connectivity index (χ0n) is 40.9. The summed E-state index contributed by atoms with van der Waals surface area (Å²) in [6.45, 7) is 6.64. The van der Waals surface area contributed by atoms with E-state index in [1.807, 2.05) is 0 Å². The molecule has 0 radical (unpaired) electrons. The quantitative estimate of drug-likeness (QED) is 0.0262. The Morgan fingerprint density at radius 2 is 0.590 bits per heavy atom. The zero-order valence-corrected chi connectivity index (χ0v) is 40.9. The minimum absolute atomic E-state index is 0.0686. The molecule has 6 heteroatoms. The van der Waals surface area contributed by atoms with Crippen LogP contribution in [0, 0.1) is 0 Å². The summed E-state index contributed by atoms with van der Waals surface area (Å²) in [5.74, 6) is -0.860. The monoisotopic (exact) mass is 859 g/mol. The van der Waals surface area contributed by atoms with Crippen molar-refractivity contribution >= 4 is 17.9 Å². The Bertz CT molecular complexity index is 989. The molecule has 0 saturated heterocycles. The van der Waals surface area contributed by atoms with Gasteiger partial charge in [-0.1, -0.05) is 244 Å². The van der Waals surface area contributed by atoms with Gasteiger partial charge in [-0.25, -0.2) is 0 Å². The van der Waals surface area contributed by atoms with Crippen LogP contribution in [0.25, 0.3) is 0 Å². The van der Waals surface area contributed by atoms with Crippen LogP contribution in [0.1, 0.15) is 290 Å². The summed E-state index contributed by atoms with van der Waals surface area (Å²) in [6, 6.07) is 0. The van der Waals surface area contributed by atoms with E-state index in [1.54, 1.807) is 0 Å². The van der Waals surface area contributed by atoms with E-state index in [2.05, 4.69) is 45.1 Å². The first kappa shape index (κ1) is 58.9. The van der Waals surface area contributed by atoms with Crippen LogP contribution in [0.3, 0.4) is 0 Å². The molecule has 0 aromatic heterocycles. The molecule has 0 heterocycles. The van der Waals surface area contributed by atoms with E-state index < -0.39 is 6.10 Å². The molecule has 1 atom stereocenters. The van der Waals surface area contributed by atoms with E-state index in [4.69, 9.17) is 14.2 Å². The van der Waals surface area contributed by atoms with Crippen LogP contribution in [0.4, 0.5) is 0 Å². The van der Waals surface area contributed by atoms with Crippen LogP contribution in [0.15, 0.2) is 24.3 Å². The maximum atomic E-state index is 12.8. The maximum Gasteiger partial charge on any atom is 0.306 e. The summed E-state index contributed by atoms with van der Waals surface area (Å²) < 4.78 is 16.8. The molecule has 6 nitrogen and oxygen atoms in total. The van der Waals surface area contributed by atoms with Gasteiger partial charge in [0.1, 0.15) is 13.2 Å². The van der Waals surface area contributed by atoms with Gasteiger partial charge in [-0.2, -0.15) is 0 Å². The topological polar surface area (TPSA) is 78.9 Å². The summed E-state index contributed by atoms with van der Waals surface area (Å²) in [5, 5.41) is 0. The minimum atomic E-state index is -0.768. The van der Waals surface area contributed by atoms with Gasteiger partial charge >= 0.3 is 17.9 Å². The molecule has 358 valence electrons. The van der Waals surface area contributed by atoms with E-state index >= 15 is 0 Å². The SMILES string of the molecule is CCCCC/C=C/C/C=C/CCCCCCCCCC(=O)OC[C@@H](COC(=O)CCCCCCCCCCCCCCC)OC(=O)CCCCCCCCCCCCCCC. The third-order valence-electron chi connectivity index (χ3n) is 12.0. The first-order chi connectivity index (χ1) is 30.0. The molecule has 0 aromatic carbocycles. The van der Waals surface area contributed by atoms with E-state index in [1.165, 1.54) is 180 Å². The number of carbonyl (C=O) groups is 3. The van der Waals surface area contributed by atoms with Gasteiger partial charge in [0.05, 0.1) is 0 Å². The highest BCUT2D eigenvalue weighted by atomic mass is 16.6. The number of ether oxygens (including phenoxy) is 3.